The number of ether oxygens (including phenoxy) is 2. The summed E-state index contributed by atoms with van der Waals surface area (Å²) in [5.74, 6) is 0.728. The van der Waals surface area contributed by atoms with Gasteiger partial charge in [0.05, 0.1) is 12.1 Å². The molecule has 1 heterocycles. The number of benzene rings is 1. The minimum Gasteiger partial charge on any atom is -0.495 e. The maximum Gasteiger partial charge on any atom is 0.137 e. The highest BCUT2D eigenvalue weighted by molar-refractivity contribution is 6.32. The first kappa shape index (κ1) is 13.7. The van der Waals surface area contributed by atoms with E-state index in [0.717, 1.165) is 38.2 Å². The normalized spacial score (nSPS) is 18.6. The van der Waals surface area contributed by atoms with Crippen LogP contribution in [0.15, 0.2) is 18.2 Å². The Hall–Kier alpha value is -0.770. The number of methoxy groups -OCH3 is 1. The Balaban J connectivity index is 2.14. The highest BCUT2D eigenvalue weighted by atomic mass is 35.5. The van der Waals surface area contributed by atoms with Crippen LogP contribution in [0.25, 0.3) is 0 Å². The Labute approximate surface area is 113 Å². The third-order valence-corrected chi connectivity index (χ3v) is 4.03. The molecule has 0 unspecified atom stereocenters. The lowest BCUT2D eigenvalue weighted by atomic mass is 9.84. The third-order valence-electron chi connectivity index (χ3n) is 3.74. The van der Waals surface area contributed by atoms with Crippen molar-refractivity contribution in [1.29, 1.82) is 0 Å². The van der Waals surface area contributed by atoms with Crippen LogP contribution in [-0.4, -0.2) is 32.9 Å². The van der Waals surface area contributed by atoms with E-state index < -0.39 is 0 Å². The van der Waals surface area contributed by atoms with Crippen molar-refractivity contribution < 1.29 is 9.47 Å². The van der Waals surface area contributed by atoms with Gasteiger partial charge in [0.25, 0.3) is 0 Å². The lowest BCUT2D eigenvalue weighted by Crippen LogP contribution is -2.49. The number of hydrogen-bond donors (Lipinski definition) is 1. The van der Waals surface area contributed by atoms with E-state index in [1.165, 1.54) is 5.56 Å². The molecular weight excluding hydrogens is 250 g/mol. The highest BCUT2D eigenvalue weighted by Gasteiger charge is 2.30. The van der Waals surface area contributed by atoms with Gasteiger partial charge in [-0.15, -0.1) is 0 Å². The summed E-state index contributed by atoms with van der Waals surface area (Å²) in [5, 5.41) is 4.13. The summed E-state index contributed by atoms with van der Waals surface area (Å²) in [7, 11) is 3.66. The van der Waals surface area contributed by atoms with Gasteiger partial charge in [-0.25, -0.2) is 0 Å². The van der Waals surface area contributed by atoms with Crippen LogP contribution in [0.2, 0.25) is 5.02 Å². The predicted octanol–water partition coefficient (Wildman–Crippen LogP) is 2.66. The third kappa shape index (κ3) is 2.97. The minimum absolute atomic E-state index is 0.135. The molecule has 3 nitrogen and oxygen atoms in total. The van der Waals surface area contributed by atoms with Crippen molar-refractivity contribution in [2.75, 3.05) is 27.4 Å². The highest BCUT2D eigenvalue weighted by Crippen LogP contribution is 2.29. The number of hydrogen-bond acceptors (Lipinski definition) is 3. The molecule has 0 atom stereocenters. The van der Waals surface area contributed by atoms with Gasteiger partial charge in [0, 0.05) is 18.8 Å². The largest absolute Gasteiger partial charge is 0.495 e. The van der Waals surface area contributed by atoms with Gasteiger partial charge in [0.15, 0.2) is 0 Å². The molecule has 100 valence electrons. The molecule has 0 spiro atoms. The van der Waals surface area contributed by atoms with Gasteiger partial charge in [-0.3, -0.25) is 0 Å². The molecule has 0 amide bonds. The van der Waals surface area contributed by atoms with E-state index in [9.17, 15) is 0 Å². The van der Waals surface area contributed by atoms with Crippen molar-refractivity contribution >= 4 is 11.6 Å². The van der Waals surface area contributed by atoms with Gasteiger partial charge in [0.1, 0.15) is 5.75 Å². The van der Waals surface area contributed by atoms with Gasteiger partial charge < -0.3 is 14.8 Å². The predicted molar refractivity (Wildman–Crippen MR) is 73.6 cm³/mol. The van der Waals surface area contributed by atoms with E-state index in [4.69, 9.17) is 21.1 Å². The van der Waals surface area contributed by atoms with E-state index >= 15 is 0 Å². The number of nitrogens with one attached hydrogen (secondary N) is 1. The van der Waals surface area contributed by atoms with E-state index in [1.807, 2.05) is 19.2 Å². The van der Waals surface area contributed by atoms with E-state index in [-0.39, 0.29) is 5.54 Å². The SMILES string of the molecule is CNC1(Cc2ccc(OC)c(Cl)c2)CCOCC1. The van der Waals surface area contributed by atoms with Crippen molar-refractivity contribution in [3.63, 3.8) is 0 Å². The van der Waals surface area contributed by atoms with Crippen LogP contribution in [-0.2, 0) is 11.2 Å². The molecule has 0 aromatic heterocycles. The second-order valence-corrected chi connectivity index (χ2v) is 5.20. The average Bonchev–Trinajstić information content (AvgIpc) is 2.40. The Morgan fingerprint density at radius 2 is 2.11 bits per heavy atom. The second-order valence-electron chi connectivity index (χ2n) is 4.79. The lowest BCUT2D eigenvalue weighted by molar-refractivity contribution is 0.0413. The van der Waals surface area contributed by atoms with E-state index in [1.54, 1.807) is 7.11 Å². The molecule has 1 aliphatic rings. The van der Waals surface area contributed by atoms with Crippen molar-refractivity contribution in [3.8, 4) is 5.75 Å². The van der Waals surface area contributed by atoms with Crippen molar-refractivity contribution in [2.45, 2.75) is 24.8 Å². The Morgan fingerprint density at radius 1 is 1.39 bits per heavy atom. The molecule has 0 saturated carbocycles. The first-order valence-corrected chi connectivity index (χ1v) is 6.66. The zero-order valence-corrected chi connectivity index (χ0v) is 11.7. The van der Waals surface area contributed by atoms with Crippen LogP contribution in [0, 0.1) is 0 Å². The average molecular weight is 270 g/mol. The summed E-state index contributed by atoms with van der Waals surface area (Å²) >= 11 is 6.17. The van der Waals surface area contributed by atoms with Crippen molar-refractivity contribution in [2.24, 2.45) is 0 Å². The van der Waals surface area contributed by atoms with Crippen molar-refractivity contribution in [1.82, 2.24) is 5.32 Å². The molecule has 0 bridgehead atoms. The van der Waals surface area contributed by atoms with Crippen molar-refractivity contribution in [3.05, 3.63) is 28.8 Å². The molecule has 2 rings (SSSR count). The number of likely N-dealkylation sites (N-methyl/N-ethyl adjacent to an activating group) is 1. The summed E-state index contributed by atoms with van der Waals surface area (Å²) in [4.78, 5) is 0. The molecule has 1 aliphatic heterocycles. The molecular formula is C14H20ClNO2. The first-order valence-electron chi connectivity index (χ1n) is 6.28. The summed E-state index contributed by atoms with van der Waals surface area (Å²) < 4.78 is 10.6. The Morgan fingerprint density at radius 3 is 2.67 bits per heavy atom. The topological polar surface area (TPSA) is 30.5 Å². The van der Waals surface area contributed by atoms with Gasteiger partial charge >= 0.3 is 0 Å². The zero-order valence-electron chi connectivity index (χ0n) is 11.0. The maximum atomic E-state index is 6.17. The molecule has 4 heteroatoms. The summed E-state index contributed by atoms with van der Waals surface area (Å²) in [6.07, 6.45) is 3.04. The molecule has 18 heavy (non-hydrogen) atoms. The Bertz CT molecular complexity index is 403. The Kier molecular flexibility index (Phi) is 4.49. The zero-order chi connectivity index (χ0) is 13.0. The van der Waals surface area contributed by atoms with Crippen LogP contribution in [0.3, 0.4) is 0 Å². The molecule has 0 aliphatic carbocycles. The van der Waals surface area contributed by atoms with Crippen LogP contribution < -0.4 is 10.1 Å². The standard InChI is InChI=1S/C14H20ClNO2/c1-16-14(5-7-18-8-6-14)10-11-3-4-13(17-2)12(15)9-11/h3-4,9,16H,5-8,10H2,1-2H3. The van der Waals surface area contributed by atoms with Crippen LogP contribution >= 0.6 is 11.6 Å². The number of halogens is 1. The molecule has 1 aromatic rings. The van der Waals surface area contributed by atoms with Gasteiger partial charge in [-0.2, -0.15) is 0 Å². The fourth-order valence-corrected chi connectivity index (χ4v) is 2.77. The molecule has 1 saturated heterocycles. The van der Waals surface area contributed by atoms with E-state index in [2.05, 4.69) is 11.4 Å². The smallest absolute Gasteiger partial charge is 0.137 e. The van der Waals surface area contributed by atoms with E-state index in [0.29, 0.717) is 5.02 Å². The van der Waals surface area contributed by atoms with Crippen LogP contribution in [0.5, 0.6) is 5.75 Å². The fraction of sp³-hybridized carbons (Fsp3) is 0.571. The fourth-order valence-electron chi connectivity index (χ4n) is 2.49. The first-order chi connectivity index (χ1) is 8.69. The summed E-state index contributed by atoms with van der Waals surface area (Å²) in [5.41, 5.74) is 1.37. The second kappa shape index (κ2) is 5.91. The number of rotatable bonds is 4. The van der Waals surface area contributed by atoms with Gasteiger partial charge in [0.2, 0.25) is 0 Å². The van der Waals surface area contributed by atoms with Crippen LogP contribution in [0.1, 0.15) is 18.4 Å². The van der Waals surface area contributed by atoms with Gasteiger partial charge in [-0.1, -0.05) is 17.7 Å². The maximum absolute atomic E-state index is 6.17. The van der Waals surface area contributed by atoms with Crippen LogP contribution in [0.4, 0.5) is 0 Å². The molecule has 1 fully saturated rings. The van der Waals surface area contributed by atoms with Gasteiger partial charge in [-0.05, 0) is 44.0 Å². The lowest BCUT2D eigenvalue weighted by Gasteiger charge is -2.37. The summed E-state index contributed by atoms with van der Waals surface area (Å²) in [6.45, 7) is 1.65. The minimum atomic E-state index is 0.135. The monoisotopic (exact) mass is 269 g/mol. The quantitative estimate of drug-likeness (QED) is 0.912. The molecule has 1 aromatic carbocycles. The molecule has 1 N–H and O–H groups in total. The molecule has 0 radical (unpaired) electrons. The summed E-state index contributed by atoms with van der Waals surface area (Å²) in [6, 6.07) is 6.01.